The highest BCUT2D eigenvalue weighted by Gasteiger charge is 1.94. The highest BCUT2D eigenvalue weighted by molar-refractivity contribution is 5.54. The van der Waals surface area contributed by atoms with Crippen molar-refractivity contribution in [1.82, 2.24) is 0 Å². The van der Waals surface area contributed by atoms with Crippen LogP contribution in [0.25, 0.3) is 0 Å². The SMILES string of the molecule is CC#CCNc1ccc(N(C)C)cc1. The minimum atomic E-state index is 0.706. The zero-order chi connectivity index (χ0) is 10.4. The molecule has 1 aromatic rings. The number of nitrogens with one attached hydrogen (secondary N) is 1. The average Bonchev–Trinajstić information content (AvgIpc) is 2.19. The van der Waals surface area contributed by atoms with Gasteiger partial charge < -0.3 is 10.2 Å². The second kappa shape index (κ2) is 5.18. The maximum atomic E-state index is 3.22. The summed E-state index contributed by atoms with van der Waals surface area (Å²) < 4.78 is 0. The summed E-state index contributed by atoms with van der Waals surface area (Å²) in [4.78, 5) is 2.08. The Kier molecular flexibility index (Phi) is 3.87. The van der Waals surface area contributed by atoms with E-state index in [0.717, 1.165) is 5.69 Å². The Balaban J connectivity index is 2.58. The van der Waals surface area contributed by atoms with E-state index in [4.69, 9.17) is 0 Å². The van der Waals surface area contributed by atoms with E-state index < -0.39 is 0 Å². The molecule has 0 atom stereocenters. The van der Waals surface area contributed by atoms with Gasteiger partial charge >= 0.3 is 0 Å². The third-order valence-electron chi connectivity index (χ3n) is 1.94. The molecule has 0 unspecified atom stereocenters. The standard InChI is InChI=1S/C12H16N2/c1-4-5-10-13-11-6-8-12(9-7-11)14(2)3/h6-9,13H,10H2,1-3H3. The van der Waals surface area contributed by atoms with Gasteiger partial charge in [-0.25, -0.2) is 0 Å². The lowest BCUT2D eigenvalue weighted by atomic mass is 10.2. The summed E-state index contributed by atoms with van der Waals surface area (Å²) in [6.45, 7) is 2.55. The Morgan fingerprint density at radius 2 is 1.86 bits per heavy atom. The molecular formula is C12H16N2. The molecule has 14 heavy (non-hydrogen) atoms. The smallest absolute Gasteiger partial charge is 0.0765 e. The Morgan fingerprint density at radius 3 is 2.36 bits per heavy atom. The molecule has 1 rings (SSSR count). The first-order chi connectivity index (χ1) is 6.74. The van der Waals surface area contributed by atoms with E-state index in [1.807, 2.05) is 21.0 Å². The van der Waals surface area contributed by atoms with E-state index in [1.165, 1.54) is 5.69 Å². The fraction of sp³-hybridized carbons (Fsp3) is 0.333. The number of rotatable bonds is 3. The molecule has 0 aromatic heterocycles. The van der Waals surface area contributed by atoms with Crippen LogP contribution in [0.3, 0.4) is 0 Å². The first-order valence-electron chi connectivity index (χ1n) is 4.65. The molecule has 0 radical (unpaired) electrons. The van der Waals surface area contributed by atoms with Gasteiger partial charge in [-0.15, -0.1) is 5.92 Å². The maximum absolute atomic E-state index is 3.22. The van der Waals surface area contributed by atoms with Gasteiger partial charge in [-0.1, -0.05) is 5.92 Å². The van der Waals surface area contributed by atoms with Gasteiger partial charge in [0.2, 0.25) is 0 Å². The summed E-state index contributed by atoms with van der Waals surface area (Å²) in [7, 11) is 4.07. The number of hydrogen-bond donors (Lipinski definition) is 1. The van der Waals surface area contributed by atoms with Crippen LogP contribution in [0.2, 0.25) is 0 Å². The summed E-state index contributed by atoms with van der Waals surface area (Å²) in [6.07, 6.45) is 0. The van der Waals surface area contributed by atoms with E-state index in [-0.39, 0.29) is 0 Å². The van der Waals surface area contributed by atoms with Crippen LogP contribution in [-0.2, 0) is 0 Å². The predicted molar refractivity (Wildman–Crippen MR) is 62.7 cm³/mol. The van der Waals surface area contributed by atoms with Gasteiger partial charge in [0.05, 0.1) is 6.54 Å². The van der Waals surface area contributed by atoms with E-state index in [9.17, 15) is 0 Å². The molecule has 0 spiro atoms. The largest absolute Gasteiger partial charge is 0.378 e. The fourth-order valence-electron chi connectivity index (χ4n) is 1.11. The van der Waals surface area contributed by atoms with E-state index in [2.05, 4.69) is 46.3 Å². The average molecular weight is 188 g/mol. The number of hydrogen-bond acceptors (Lipinski definition) is 2. The van der Waals surface area contributed by atoms with Gasteiger partial charge in [-0.2, -0.15) is 0 Å². The molecule has 0 heterocycles. The van der Waals surface area contributed by atoms with Crippen molar-refractivity contribution in [2.75, 3.05) is 30.9 Å². The van der Waals surface area contributed by atoms with Crippen LogP contribution in [-0.4, -0.2) is 20.6 Å². The second-order valence-corrected chi connectivity index (χ2v) is 3.22. The summed E-state index contributed by atoms with van der Waals surface area (Å²) in [5, 5.41) is 3.22. The van der Waals surface area contributed by atoms with Gasteiger partial charge in [-0.05, 0) is 31.2 Å². The van der Waals surface area contributed by atoms with Crippen LogP contribution in [0.5, 0.6) is 0 Å². The molecule has 0 aliphatic carbocycles. The molecule has 1 aromatic carbocycles. The zero-order valence-corrected chi connectivity index (χ0v) is 8.96. The first kappa shape index (κ1) is 10.5. The van der Waals surface area contributed by atoms with Crippen molar-refractivity contribution in [2.24, 2.45) is 0 Å². The fourth-order valence-corrected chi connectivity index (χ4v) is 1.11. The van der Waals surface area contributed by atoms with Crippen molar-refractivity contribution in [3.8, 4) is 11.8 Å². The summed E-state index contributed by atoms with van der Waals surface area (Å²) in [6, 6.07) is 8.29. The third-order valence-corrected chi connectivity index (χ3v) is 1.94. The van der Waals surface area contributed by atoms with Crippen LogP contribution >= 0.6 is 0 Å². The molecule has 0 saturated heterocycles. The molecule has 0 amide bonds. The molecule has 0 bridgehead atoms. The zero-order valence-electron chi connectivity index (χ0n) is 8.96. The molecule has 1 N–H and O–H groups in total. The highest BCUT2D eigenvalue weighted by atomic mass is 15.1. The molecule has 0 saturated carbocycles. The Hall–Kier alpha value is -1.62. The lowest BCUT2D eigenvalue weighted by molar-refractivity contribution is 1.13. The topological polar surface area (TPSA) is 15.3 Å². The Morgan fingerprint density at radius 1 is 1.21 bits per heavy atom. The second-order valence-electron chi connectivity index (χ2n) is 3.22. The number of anilines is 2. The lowest BCUT2D eigenvalue weighted by Crippen LogP contribution is -2.08. The molecular weight excluding hydrogens is 172 g/mol. The quantitative estimate of drug-likeness (QED) is 0.731. The van der Waals surface area contributed by atoms with Crippen LogP contribution < -0.4 is 10.2 Å². The Labute approximate surface area is 85.9 Å². The lowest BCUT2D eigenvalue weighted by Gasteiger charge is -2.12. The minimum Gasteiger partial charge on any atom is -0.378 e. The van der Waals surface area contributed by atoms with Crippen molar-refractivity contribution in [3.05, 3.63) is 24.3 Å². The van der Waals surface area contributed by atoms with Gasteiger partial charge in [0, 0.05) is 25.5 Å². The van der Waals surface area contributed by atoms with Crippen LogP contribution in [0.15, 0.2) is 24.3 Å². The molecule has 0 fully saturated rings. The van der Waals surface area contributed by atoms with Crippen LogP contribution in [0, 0.1) is 11.8 Å². The van der Waals surface area contributed by atoms with E-state index >= 15 is 0 Å². The highest BCUT2D eigenvalue weighted by Crippen LogP contribution is 2.14. The van der Waals surface area contributed by atoms with Crippen molar-refractivity contribution < 1.29 is 0 Å². The van der Waals surface area contributed by atoms with Crippen LogP contribution in [0.1, 0.15) is 6.92 Å². The van der Waals surface area contributed by atoms with E-state index in [0.29, 0.717) is 6.54 Å². The van der Waals surface area contributed by atoms with Gasteiger partial charge in [-0.3, -0.25) is 0 Å². The molecule has 0 aliphatic heterocycles. The van der Waals surface area contributed by atoms with Crippen molar-refractivity contribution >= 4 is 11.4 Å². The monoisotopic (exact) mass is 188 g/mol. The Bertz CT molecular complexity index is 328. The molecule has 2 heteroatoms. The van der Waals surface area contributed by atoms with Gasteiger partial charge in [0.25, 0.3) is 0 Å². The summed E-state index contributed by atoms with van der Waals surface area (Å²) in [5.74, 6) is 5.81. The van der Waals surface area contributed by atoms with Gasteiger partial charge in [0.15, 0.2) is 0 Å². The number of benzene rings is 1. The summed E-state index contributed by atoms with van der Waals surface area (Å²) >= 11 is 0. The van der Waals surface area contributed by atoms with E-state index in [1.54, 1.807) is 0 Å². The van der Waals surface area contributed by atoms with Gasteiger partial charge in [0.1, 0.15) is 0 Å². The molecule has 74 valence electrons. The first-order valence-corrected chi connectivity index (χ1v) is 4.65. The van der Waals surface area contributed by atoms with Crippen molar-refractivity contribution in [1.29, 1.82) is 0 Å². The van der Waals surface area contributed by atoms with Crippen molar-refractivity contribution in [2.45, 2.75) is 6.92 Å². The van der Waals surface area contributed by atoms with Crippen molar-refractivity contribution in [3.63, 3.8) is 0 Å². The summed E-state index contributed by atoms with van der Waals surface area (Å²) in [5.41, 5.74) is 2.32. The molecule has 0 aliphatic rings. The normalized spacial score (nSPS) is 8.79. The third kappa shape index (κ3) is 3.02. The van der Waals surface area contributed by atoms with Crippen LogP contribution in [0.4, 0.5) is 11.4 Å². The number of nitrogens with zero attached hydrogens (tertiary/aromatic N) is 1. The predicted octanol–water partition coefficient (Wildman–Crippen LogP) is 2.19. The molecule has 2 nitrogen and oxygen atoms in total. The minimum absolute atomic E-state index is 0.706. The maximum Gasteiger partial charge on any atom is 0.0765 e.